The third-order valence-electron chi connectivity index (χ3n) is 2.01. The molecule has 0 fully saturated rings. The largest absolute Gasteiger partial charge is 0.491 e. The minimum absolute atomic E-state index is 0.0173. The highest BCUT2D eigenvalue weighted by molar-refractivity contribution is 6.31. The summed E-state index contributed by atoms with van der Waals surface area (Å²) in [4.78, 5) is 0. The van der Waals surface area contributed by atoms with E-state index in [1.165, 1.54) is 12.1 Å². The first-order chi connectivity index (χ1) is 7.00. The van der Waals surface area contributed by atoms with Crippen molar-refractivity contribution < 1.29 is 9.13 Å². The summed E-state index contributed by atoms with van der Waals surface area (Å²) < 4.78 is 18.4. The number of anilines is 1. The van der Waals surface area contributed by atoms with Crippen LogP contribution >= 0.6 is 11.6 Å². The lowest BCUT2D eigenvalue weighted by molar-refractivity contribution is 0.290. The molecule has 84 valence electrons. The van der Waals surface area contributed by atoms with Gasteiger partial charge in [-0.2, -0.15) is 0 Å². The van der Waals surface area contributed by atoms with Crippen LogP contribution in [0.25, 0.3) is 0 Å². The van der Waals surface area contributed by atoms with Gasteiger partial charge >= 0.3 is 0 Å². The number of nitrogen functional groups attached to an aromatic ring is 1. The Morgan fingerprint density at radius 1 is 1.47 bits per heavy atom. The lowest BCUT2D eigenvalue weighted by Gasteiger charge is -2.10. The van der Waals surface area contributed by atoms with Crippen LogP contribution in [0.3, 0.4) is 0 Å². The Morgan fingerprint density at radius 3 is 2.73 bits per heavy atom. The van der Waals surface area contributed by atoms with E-state index in [0.29, 0.717) is 24.0 Å². The standard InChI is InChI=1S/C11H15ClFNO/c1-7(2)3-4-15-11-6-9(13)8(12)5-10(11)14/h5-7H,3-4,14H2,1-2H3. The molecule has 0 aliphatic rings. The van der Waals surface area contributed by atoms with Gasteiger partial charge in [0.05, 0.1) is 17.3 Å². The Morgan fingerprint density at radius 2 is 2.13 bits per heavy atom. The molecule has 0 aromatic heterocycles. The SMILES string of the molecule is CC(C)CCOc1cc(F)c(Cl)cc1N. The molecule has 2 nitrogen and oxygen atoms in total. The number of ether oxygens (including phenoxy) is 1. The van der Waals surface area contributed by atoms with Crippen LogP contribution in [0.1, 0.15) is 20.3 Å². The molecule has 0 spiro atoms. The summed E-state index contributed by atoms with van der Waals surface area (Å²) in [5.74, 6) is 0.395. The highest BCUT2D eigenvalue weighted by atomic mass is 35.5. The number of hydrogen-bond acceptors (Lipinski definition) is 2. The lowest BCUT2D eigenvalue weighted by atomic mass is 10.1. The van der Waals surface area contributed by atoms with Gasteiger partial charge in [-0.15, -0.1) is 0 Å². The quantitative estimate of drug-likeness (QED) is 0.806. The van der Waals surface area contributed by atoms with Crippen molar-refractivity contribution in [2.45, 2.75) is 20.3 Å². The Labute approximate surface area is 94.2 Å². The average Bonchev–Trinajstić information content (AvgIpc) is 2.13. The van der Waals surface area contributed by atoms with Crippen LogP contribution in [0.4, 0.5) is 10.1 Å². The monoisotopic (exact) mass is 231 g/mol. The highest BCUT2D eigenvalue weighted by Crippen LogP contribution is 2.28. The maximum Gasteiger partial charge on any atom is 0.145 e. The normalized spacial score (nSPS) is 10.7. The molecule has 0 atom stereocenters. The van der Waals surface area contributed by atoms with E-state index in [9.17, 15) is 4.39 Å². The number of benzene rings is 1. The maximum atomic E-state index is 13.1. The van der Waals surface area contributed by atoms with Crippen LogP contribution in [0, 0.1) is 11.7 Å². The van der Waals surface area contributed by atoms with E-state index in [-0.39, 0.29) is 5.02 Å². The Balaban J connectivity index is 2.65. The van der Waals surface area contributed by atoms with Crippen LogP contribution in [-0.4, -0.2) is 6.61 Å². The summed E-state index contributed by atoms with van der Waals surface area (Å²) in [6.07, 6.45) is 0.906. The van der Waals surface area contributed by atoms with Gasteiger partial charge in [0.15, 0.2) is 0 Å². The molecule has 4 heteroatoms. The molecule has 1 aromatic rings. The van der Waals surface area contributed by atoms with Gasteiger partial charge in [0.25, 0.3) is 0 Å². The van der Waals surface area contributed by atoms with E-state index in [1.807, 2.05) is 0 Å². The molecule has 0 radical (unpaired) electrons. The van der Waals surface area contributed by atoms with Crippen molar-refractivity contribution in [2.75, 3.05) is 12.3 Å². The Bertz CT molecular complexity index is 342. The molecule has 15 heavy (non-hydrogen) atoms. The van der Waals surface area contributed by atoms with Crippen LogP contribution in [0.2, 0.25) is 5.02 Å². The lowest BCUT2D eigenvalue weighted by Crippen LogP contribution is -2.03. The zero-order valence-corrected chi connectivity index (χ0v) is 9.64. The Hall–Kier alpha value is -0.960. The summed E-state index contributed by atoms with van der Waals surface area (Å²) >= 11 is 5.56. The van der Waals surface area contributed by atoms with Gasteiger partial charge in [-0.25, -0.2) is 4.39 Å². The molecule has 1 aromatic carbocycles. The number of rotatable bonds is 4. The zero-order chi connectivity index (χ0) is 11.4. The van der Waals surface area contributed by atoms with Gasteiger partial charge in [0.1, 0.15) is 11.6 Å². The summed E-state index contributed by atoms with van der Waals surface area (Å²) in [5, 5.41) is 0.0173. The van der Waals surface area contributed by atoms with Crippen LogP contribution in [0.15, 0.2) is 12.1 Å². The van der Waals surface area contributed by atoms with E-state index < -0.39 is 5.82 Å². The first-order valence-electron chi connectivity index (χ1n) is 4.88. The number of hydrogen-bond donors (Lipinski definition) is 1. The molecular formula is C11H15ClFNO. The van der Waals surface area contributed by atoms with Gasteiger partial charge in [0.2, 0.25) is 0 Å². The highest BCUT2D eigenvalue weighted by Gasteiger charge is 2.07. The first-order valence-corrected chi connectivity index (χ1v) is 5.26. The van der Waals surface area contributed by atoms with Gasteiger partial charge < -0.3 is 10.5 Å². The summed E-state index contributed by atoms with van der Waals surface area (Å²) in [6.45, 7) is 4.72. The fourth-order valence-corrected chi connectivity index (χ4v) is 1.25. The van der Waals surface area contributed by atoms with E-state index in [4.69, 9.17) is 22.1 Å². The molecule has 0 saturated heterocycles. The molecule has 0 bridgehead atoms. The van der Waals surface area contributed by atoms with Gasteiger partial charge in [-0.05, 0) is 18.4 Å². The predicted molar refractivity (Wildman–Crippen MR) is 60.8 cm³/mol. The van der Waals surface area contributed by atoms with E-state index in [1.54, 1.807) is 0 Å². The maximum absolute atomic E-state index is 13.1. The zero-order valence-electron chi connectivity index (χ0n) is 8.89. The van der Waals surface area contributed by atoms with Gasteiger partial charge in [0, 0.05) is 6.07 Å². The van der Waals surface area contributed by atoms with Crippen LogP contribution in [-0.2, 0) is 0 Å². The van der Waals surface area contributed by atoms with Crippen molar-refractivity contribution in [1.82, 2.24) is 0 Å². The molecule has 0 amide bonds. The Kier molecular flexibility index (Phi) is 4.21. The average molecular weight is 232 g/mol. The summed E-state index contributed by atoms with van der Waals surface area (Å²) in [6, 6.07) is 2.58. The van der Waals surface area contributed by atoms with Crippen molar-refractivity contribution in [2.24, 2.45) is 5.92 Å². The summed E-state index contributed by atoms with van der Waals surface area (Å²) in [7, 11) is 0. The molecule has 0 unspecified atom stereocenters. The third-order valence-corrected chi connectivity index (χ3v) is 2.30. The van der Waals surface area contributed by atoms with Gasteiger partial charge in [-0.3, -0.25) is 0 Å². The third kappa shape index (κ3) is 3.59. The summed E-state index contributed by atoms with van der Waals surface area (Å²) in [5.41, 5.74) is 6.00. The van der Waals surface area contributed by atoms with Crippen molar-refractivity contribution in [1.29, 1.82) is 0 Å². The van der Waals surface area contributed by atoms with Crippen molar-refractivity contribution in [3.05, 3.63) is 23.0 Å². The molecule has 0 heterocycles. The molecule has 1 rings (SSSR count). The molecule has 0 saturated carbocycles. The minimum atomic E-state index is -0.509. The first kappa shape index (κ1) is 12.1. The molecular weight excluding hydrogens is 217 g/mol. The van der Waals surface area contributed by atoms with E-state index in [2.05, 4.69) is 13.8 Å². The van der Waals surface area contributed by atoms with Gasteiger partial charge in [-0.1, -0.05) is 25.4 Å². The topological polar surface area (TPSA) is 35.2 Å². The van der Waals surface area contributed by atoms with E-state index >= 15 is 0 Å². The second kappa shape index (κ2) is 5.21. The molecule has 0 aliphatic heterocycles. The predicted octanol–water partition coefficient (Wildman–Crippen LogP) is 3.49. The molecule has 2 N–H and O–H groups in total. The fourth-order valence-electron chi connectivity index (χ4n) is 1.07. The minimum Gasteiger partial charge on any atom is -0.491 e. The van der Waals surface area contributed by atoms with Crippen molar-refractivity contribution >= 4 is 17.3 Å². The fraction of sp³-hybridized carbons (Fsp3) is 0.455. The van der Waals surface area contributed by atoms with E-state index in [0.717, 1.165) is 6.42 Å². The second-order valence-electron chi connectivity index (χ2n) is 3.84. The number of halogens is 2. The second-order valence-corrected chi connectivity index (χ2v) is 4.24. The smallest absolute Gasteiger partial charge is 0.145 e. The van der Waals surface area contributed by atoms with Crippen LogP contribution in [0.5, 0.6) is 5.75 Å². The molecule has 0 aliphatic carbocycles. The van der Waals surface area contributed by atoms with Crippen LogP contribution < -0.4 is 10.5 Å². The van der Waals surface area contributed by atoms with Crippen molar-refractivity contribution in [3.8, 4) is 5.75 Å². The number of nitrogens with two attached hydrogens (primary N) is 1. The van der Waals surface area contributed by atoms with Crippen molar-refractivity contribution in [3.63, 3.8) is 0 Å².